The molecule has 0 radical (unpaired) electrons. The Labute approximate surface area is 119 Å². The van der Waals surface area contributed by atoms with Crippen molar-refractivity contribution >= 4 is 5.69 Å². The summed E-state index contributed by atoms with van der Waals surface area (Å²) in [6.07, 6.45) is 0. The first-order chi connectivity index (χ1) is 8.67. The van der Waals surface area contributed by atoms with E-state index in [1.54, 1.807) is 0 Å². The zero-order chi connectivity index (χ0) is 14.6. The Hall–Kier alpha value is -1.02. The molecule has 1 aromatic carbocycles. The standard InChI is InChI=1S/C17H30N2/c1-13-8-14(2)10-16(9-13)19(7)12-15(3)11-18-17(4,5)6/h8-10,15,18H,11-12H2,1-7H3. The van der Waals surface area contributed by atoms with Crippen LogP contribution in [0.15, 0.2) is 18.2 Å². The fourth-order valence-corrected chi connectivity index (χ4v) is 2.29. The lowest BCUT2D eigenvalue weighted by molar-refractivity contribution is 0.384. The Morgan fingerprint density at radius 2 is 1.63 bits per heavy atom. The Morgan fingerprint density at radius 1 is 1.11 bits per heavy atom. The molecular weight excluding hydrogens is 232 g/mol. The molecule has 0 saturated carbocycles. The van der Waals surface area contributed by atoms with E-state index in [1.807, 2.05) is 0 Å². The number of aryl methyl sites for hydroxylation is 2. The van der Waals surface area contributed by atoms with Crippen molar-refractivity contribution in [2.24, 2.45) is 5.92 Å². The van der Waals surface area contributed by atoms with E-state index in [0.29, 0.717) is 5.92 Å². The first kappa shape index (κ1) is 16.0. The third-order valence-electron chi connectivity index (χ3n) is 3.21. The second-order valence-electron chi connectivity index (χ2n) is 6.96. The average molecular weight is 262 g/mol. The zero-order valence-corrected chi connectivity index (χ0v) is 13.7. The molecule has 1 rings (SSSR count). The number of rotatable bonds is 5. The number of hydrogen-bond acceptors (Lipinski definition) is 2. The summed E-state index contributed by atoms with van der Waals surface area (Å²) < 4.78 is 0. The van der Waals surface area contributed by atoms with Crippen LogP contribution in [0.2, 0.25) is 0 Å². The predicted molar refractivity (Wildman–Crippen MR) is 86.1 cm³/mol. The predicted octanol–water partition coefficient (Wildman–Crippen LogP) is 3.76. The highest BCUT2D eigenvalue weighted by molar-refractivity contribution is 5.50. The van der Waals surface area contributed by atoms with Gasteiger partial charge in [0.25, 0.3) is 0 Å². The van der Waals surface area contributed by atoms with Crippen LogP contribution in [0.3, 0.4) is 0 Å². The molecule has 0 fully saturated rings. The van der Waals surface area contributed by atoms with Crippen molar-refractivity contribution in [1.82, 2.24) is 5.32 Å². The molecule has 108 valence electrons. The second-order valence-corrected chi connectivity index (χ2v) is 6.96. The van der Waals surface area contributed by atoms with Crippen molar-refractivity contribution in [1.29, 1.82) is 0 Å². The fraction of sp³-hybridized carbons (Fsp3) is 0.647. The van der Waals surface area contributed by atoms with Gasteiger partial charge in [-0.05, 0) is 70.3 Å². The number of hydrogen-bond donors (Lipinski definition) is 1. The van der Waals surface area contributed by atoms with E-state index in [1.165, 1.54) is 16.8 Å². The summed E-state index contributed by atoms with van der Waals surface area (Å²) in [4.78, 5) is 2.36. The third kappa shape index (κ3) is 6.11. The molecule has 1 unspecified atom stereocenters. The van der Waals surface area contributed by atoms with E-state index in [-0.39, 0.29) is 5.54 Å². The molecule has 0 spiro atoms. The molecule has 0 bridgehead atoms. The quantitative estimate of drug-likeness (QED) is 0.869. The first-order valence-corrected chi connectivity index (χ1v) is 7.22. The molecule has 0 aliphatic heterocycles. The van der Waals surface area contributed by atoms with Crippen molar-refractivity contribution in [3.8, 4) is 0 Å². The monoisotopic (exact) mass is 262 g/mol. The minimum Gasteiger partial charge on any atom is -0.374 e. The largest absolute Gasteiger partial charge is 0.374 e. The van der Waals surface area contributed by atoms with E-state index in [4.69, 9.17) is 0 Å². The van der Waals surface area contributed by atoms with Gasteiger partial charge in [-0.2, -0.15) is 0 Å². The number of anilines is 1. The van der Waals surface area contributed by atoms with Crippen molar-refractivity contribution in [3.63, 3.8) is 0 Å². The van der Waals surface area contributed by atoms with Gasteiger partial charge in [-0.25, -0.2) is 0 Å². The number of benzene rings is 1. The van der Waals surface area contributed by atoms with Crippen LogP contribution in [0.5, 0.6) is 0 Å². The topological polar surface area (TPSA) is 15.3 Å². The van der Waals surface area contributed by atoms with E-state index in [0.717, 1.165) is 13.1 Å². The first-order valence-electron chi connectivity index (χ1n) is 7.22. The highest BCUT2D eigenvalue weighted by Crippen LogP contribution is 2.18. The van der Waals surface area contributed by atoms with E-state index >= 15 is 0 Å². The summed E-state index contributed by atoms with van der Waals surface area (Å²) in [6.45, 7) is 15.4. The molecule has 0 saturated heterocycles. The van der Waals surface area contributed by atoms with Gasteiger partial charge in [0.15, 0.2) is 0 Å². The molecule has 0 heterocycles. The lowest BCUT2D eigenvalue weighted by Crippen LogP contribution is -2.41. The molecule has 0 aromatic heterocycles. The van der Waals surface area contributed by atoms with Crippen LogP contribution in [0.25, 0.3) is 0 Å². The van der Waals surface area contributed by atoms with Gasteiger partial charge >= 0.3 is 0 Å². The van der Waals surface area contributed by atoms with Gasteiger partial charge in [-0.3, -0.25) is 0 Å². The Balaban J connectivity index is 2.56. The minimum atomic E-state index is 0.201. The summed E-state index contributed by atoms with van der Waals surface area (Å²) >= 11 is 0. The summed E-state index contributed by atoms with van der Waals surface area (Å²) in [5, 5.41) is 3.57. The van der Waals surface area contributed by atoms with Gasteiger partial charge in [0.05, 0.1) is 0 Å². The Morgan fingerprint density at radius 3 is 2.11 bits per heavy atom. The number of nitrogens with one attached hydrogen (secondary N) is 1. The zero-order valence-electron chi connectivity index (χ0n) is 13.7. The normalized spacial score (nSPS) is 13.4. The SMILES string of the molecule is Cc1cc(C)cc(N(C)CC(C)CNC(C)(C)C)c1. The van der Waals surface area contributed by atoms with Crippen molar-refractivity contribution in [3.05, 3.63) is 29.3 Å². The van der Waals surface area contributed by atoms with Crippen LogP contribution in [0.1, 0.15) is 38.8 Å². The molecular formula is C17H30N2. The lowest BCUT2D eigenvalue weighted by Gasteiger charge is -2.27. The lowest BCUT2D eigenvalue weighted by atomic mass is 10.1. The van der Waals surface area contributed by atoms with Gasteiger partial charge in [-0.1, -0.05) is 13.0 Å². The van der Waals surface area contributed by atoms with Crippen LogP contribution in [-0.4, -0.2) is 25.7 Å². The molecule has 19 heavy (non-hydrogen) atoms. The number of nitrogens with zero attached hydrogens (tertiary/aromatic N) is 1. The summed E-state index contributed by atoms with van der Waals surface area (Å²) in [6, 6.07) is 6.75. The Kier molecular flexibility index (Phi) is 5.42. The van der Waals surface area contributed by atoms with E-state index < -0.39 is 0 Å². The van der Waals surface area contributed by atoms with Crippen molar-refractivity contribution in [2.45, 2.75) is 47.1 Å². The average Bonchev–Trinajstić information content (AvgIpc) is 2.24. The van der Waals surface area contributed by atoms with Crippen molar-refractivity contribution < 1.29 is 0 Å². The maximum Gasteiger partial charge on any atom is 0.0369 e. The van der Waals surface area contributed by atoms with Gasteiger partial charge in [-0.15, -0.1) is 0 Å². The minimum absolute atomic E-state index is 0.201. The molecule has 1 atom stereocenters. The van der Waals surface area contributed by atoms with E-state index in [9.17, 15) is 0 Å². The molecule has 0 aliphatic rings. The van der Waals surface area contributed by atoms with Crippen LogP contribution >= 0.6 is 0 Å². The van der Waals surface area contributed by atoms with Crippen LogP contribution in [0, 0.1) is 19.8 Å². The van der Waals surface area contributed by atoms with Gasteiger partial charge in [0.1, 0.15) is 0 Å². The highest BCUT2D eigenvalue weighted by atomic mass is 15.1. The van der Waals surface area contributed by atoms with Crippen molar-refractivity contribution in [2.75, 3.05) is 25.0 Å². The second kappa shape index (κ2) is 6.42. The van der Waals surface area contributed by atoms with Gasteiger partial charge in [0, 0.05) is 24.8 Å². The fourth-order valence-electron chi connectivity index (χ4n) is 2.29. The van der Waals surface area contributed by atoms with Crippen LogP contribution in [0.4, 0.5) is 5.69 Å². The summed E-state index contributed by atoms with van der Waals surface area (Å²) in [7, 11) is 2.18. The third-order valence-corrected chi connectivity index (χ3v) is 3.21. The smallest absolute Gasteiger partial charge is 0.0369 e. The molecule has 2 nitrogen and oxygen atoms in total. The van der Waals surface area contributed by atoms with Crippen LogP contribution < -0.4 is 10.2 Å². The highest BCUT2D eigenvalue weighted by Gasteiger charge is 2.13. The molecule has 0 amide bonds. The summed E-state index contributed by atoms with van der Waals surface area (Å²) in [5.74, 6) is 0.630. The Bertz CT molecular complexity index is 384. The molecule has 2 heteroatoms. The molecule has 0 aliphatic carbocycles. The van der Waals surface area contributed by atoms with Gasteiger partial charge in [0.2, 0.25) is 0 Å². The maximum atomic E-state index is 3.57. The maximum absolute atomic E-state index is 3.57. The summed E-state index contributed by atoms with van der Waals surface area (Å²) in [5.41, 5.74) is 4.19. The molecule has 1 N–H and O–H groups in total. The van der Waals surface area contributed by atoms with E-state index in [2.05, 4.69) is 77.0 Å². The van der Waals surface area contributed by atoms with Crippen LogP contribution in [-0.2, 0) is 0 Å². The van der Waals surface area contributed by atoms with Gasteiger partial charge < -0.3 is 10.2 Å². The molecule has 1 aromatic rings.